The number of likely N-dealkylation sites (tertiary alicyclic amines) is 1. The third-order valence-corrected chi connectivity index (χ3v) is 7.10. The van der Waals surface area contributed by atoms with E-state index in [-0.39, 0.29) is 40.9 Å². The van der Waals surface area contributed by atoms with Crippen LogP contribution in [0.5, 0.6) is 11.5 Å². The third-order valence-electron chi connectivity index (χ3n) is 7.10. The summed E-state index contributed by atoms with van der Waals surface area (Å²) in [6.07, 6.45) is 2.54. The zero-order valence-corrected chi connectivity index (χ0v) is 22.6. The van der Waals surface area contributed by atoms with Crippen molar-refractivity contribution in [3.8, 4) is 11.5 Å². The van der Waals surface area contributed by atoms with E-state index in [0.29, 0.717) is 36.3 Å². The summed E-state index contributed by atoms with van der Waals surface area (Å²) in [5, 5.41) is 0. The number of nitrogen functional groups attached to an aromatic ring is 1. The van der Waals surface area contributed by atoms with E-state index in [9.17, 15) is 22.4 Å². The van der Waals surface area contributed by atoms with Gasteiger partial charge in [-0.3, -0.25) is 9.79 Å². The van der Waals surface area contributed by atoms with Crippen LogP contribution < -0.4 is 10.5 Å². The van der Waals surface area contributed by atoms with Gasteiger partial charge in [-0.25, -0.2) is 23.1 Å². The first kappa shape index (κ1) is 29.6. The number of ether oxygens (including phenoxy) is 1. The van der Waals surface area contributed by atoms with Gasteiger partial charge in [0.05, 0.1) is 17.0 Å². The predicted molar refractivity (Wildman–Crippen MR) is 143 cm³/mol. The molecule has 0 spiro atoms. The van der Waals surface area contributed by atoms with Crippen molar-refractivity contribution < 1.29 is 31.5 Å². The van der Waals surface area contributed by atoms with Crippen LogP contribution in [0.3, 0.4) is 0 Å². The molecule has 2 heterocycles. The van der Waals surface area contributed by atoms with Gasteiger partial charge in [0.25, 0.3) is 0 Å². The molecule has 1 amide bonds. The summed E-state index contributed by atoms with van der Waals surface area (Å²) in [5.41, 5.74) is 7.60. The molecule has 1 unspecified atom stereocenters. The first-order chi connectivity index (χ1) is 19.4. The quantitative estimate of drug-likeness (QED) is 0.164. The number of aliphatic imine (C=N–C) groups is 1. The molecule has 1 fully saturated rings. The number of nitrogens with zero attached hydrogens (tertiary/aromatic N) is 4. The number of carbonyl (C=O) groups is 1. The lowest BCUT2D eigenvalue weighted by Crippen LogP contribution is -2.30. The molecule has 12 heteroatoms. The Morgan fingerprint density at radius 1 is 1.15 bits per heavy atom. The molecular weight excluding hydrogens is 545 g/mol. The molecule has 4 rings (SSSR count). The van der Waals surface area contributed by atoms with Gasteiger partial charge in [0, 0.05) is 43.4 Å². The number of aromatic nitrogens is 2. The van der Waals surface area contributed by atoms with E-state index >= 15 is 4.39 Å². The van der Waals surface area contributed by atoms with Crippen molar-refractivity contribution in [3.63, 3.8) is 0 Å². The fraction of sp³-hybridized carbons (Fsp3) is 0.310. The molecule has 0 saturated carbocycles. The van der Waals surface area contributed by atoms with Crippen LogP contribution in [0, 0.1) is 40.9 Å². The summed E-state index contributed by atoms with van der Waals surface area (Å²) in [4.78, 5) is 26.8. The Morgan fingerprint density at radius 3 is 2.44 bits per heavy atom. The van der Waals surface area contributed by atoms with Gasteiger partial charge in [-0.1, -0.05) is 13.5 Å². The van der Waals surface area contributed by atoms with Crippen molar-refractivity contribution >= 4 is 17.4 Å². The molecule has 41 heavy (non-hydrogen) atoms. The lowest BCUT2D eigenvalue weighted by molar-refractivity contribution is -0.126. The van der Waals surface area contributed by atoms with Gasteiger partial charge in [-0.15, -0.1) is 0 Å². The Balaban J connectivity index is 1.61. The summed E-state index contributed by atoms with van der Waals surface area (Å²) in [7, 11) is 1.43. The predicted octanol–water partition coefficient (Wildman–Crippen LogP) is 5.62. The van der Waals surface area contributed by atoms with E-state index in [0.717, 1.165) is 12.5 Å². The molecule has 0 aliphatic carbocycles. The molecule has 3 aromatic rings. The van der Waals surface area contributed by atoms with E-state index in [4.69, 9.17) is 10.5 Å². The van der Waals surface area contributed by atoms with Crippen molar-refractivity contribution in [3.05, 3.63) is 88.7 Å². The van der Waals surface area contributed by atoms with E-state index in [1.807, 2.05) is 6.92 Å². The molecular formula is C29H28F5N5O2. The molecule has 2 N–H and O–H groups in total. The van der Waals surface area contributed by atoms with Crippen LogP contribution in [0.4, 0.5) is 27.8 Å². The topological polar surface area (TPSA) is 93.7 Å². The summed E-state index contributed by atoms with van der Waals surface area (Å²) in [5.74, 6) is -9.26. The Labute approximate surface area is 233 Å². The third kappa shape index (κ3) is 6.06. The van der Waals surface area contributed by atoms with E-state index in [2.05, 4.69) is 21.5 Å². The lowest BCUT2D eigenvalue weighted by atomic mass is 9.87. The smallest absolute Gasteiger partial charge is 0.248 e. The second kappa shape index (κ2) is 12.0. The van der Waals surface area contributed by atoms with Crippen LogP contribution >= 0.6 is 0 Å². The summed E-state index contributed by atoms with van der Waals surface area (Å²) < 4.78 is 75.5. The van der Waals surface area contributed by atoms with Crippen LogP contribution in [0.2, 0.25) is 0 Å². The van der Waals surface area contributed by atoms with Gasteiger partial charge >= 0.3 is 0 Å². The van der Waals surface area contributed by atoms with Gasteiger partial charge in [-0.2, -0.15) is 8.78 Å². The van der Waals surface area contributed by atoms with Crippen LogP contribution in [0.15, 0.2) is 47.7 Å². The Kier molecular flexibility index (Phi) is 8.69. The Morgan fingerprint density at radius 2 is 1.83 bits per heavy atom. The van der Waals surface area contributed by atoms with Crippen molar-refractivity contribution in [2.75, 3.05) is 25.9 Å². The number of rotatable bonds is 8. The molecule has 1 aromatic heterocycles. The average molecular weight is 574 g/mol. The SMILES string of the molecule is C=C(C)C(=O)N1CC[C@@H](C(C)Cc2ncnc(N)c2C(=NC)c2ccc(Oc3c(F)c(F)cc(F)c3F)cc2F)C1. The maximum atomic E-state index is 15.4. The number of halogens is 5. The number of hydrogen-bond donors (Lipinski definition) is 1. The van der Waals surface area contributed by atoms with Gasteiger partial charge < -0.3 is 15.4 Å². The van der Waals surface area contributed by atoms with Gasteiger partial charge in [-0.05, 0) is 43.7 Å². The monoisotopic (exact) mass is 573 g/mol. The number of nitrogens with two attached hydrogens (primary N) is 1. The number of amides is 1. The minimum absolute atomic E-state index is 0.0410. The van der Waals surface area contributed by atoms with Crippen LogP contribution in [0.25, 0.3) is 0 Å². The van der Waals surface area contributed by atoms with Crippen LogP contribution in [-0.2, 0) is 11.2 Å². The first-order valence-corrected chi connectivity index (χ1v) is 12.7. The first-order valence-electron chi connectivity index (χ1n) is 12.7. The van der Waals surface area contributed by atoms with Gasteiger partial charge in [0.1, 0.15) is 23.7 Å². The highest BCUT2D eigenvalue weighted by atomic mass is 19.2. The molecule has 7 nitrogen and oxygen atoms in total. The molecule has 1 aliphatic heterocycles. The second-order valence-electron chi connectivity index (χ2n) is 9.96. The fourth-order valence-electron chi connectivity index (χ4n) is 4.91. The van der Waals surface area contributed by atoms with E-state index < -0.39 is 40.6 Å². The van der Waals surface area contributed by atoms with Crippen molar-refractivity contribution in [1.29, 1.82) is 0 Å². The standard InChI is InChI=1S/C29H28F5N5O2/c1-14(2)29(40)39-8-7-16(12-39)15(3)9-22-23(28(35)38-13-37-22)26(36-4)18-6-5-17(10-19(18)30)41-27-24(33)20(31)11-21(32)25(27)34/h5-6,10-11,13,15-16H,1,7-9,12H2,2-4H3,(H2,35,37,38)/t15?,16-/m1/s1. The molecule has 1 saturated heterocycles. The zero-order chi connectivity index (χ0) is 30.0. The van der Waals surface area contributed by atoms with Crippen molar-refractivity contribution in [1.82, 2.24) is 14.9 Å². The fourth-order valence-corrected chi connectivity index (χ4v) is 4.91. The Hall–Kier alpha value is -4.35. The van der Waals surface area contributed by atoms with Crippen molar-refractivity contribution in [2.24, 2.45) is 16.8 Å². The number of anilines is 1. The minimum Gasteiger partial charge on any atom is -0.451 e. The minimum atomic E-state index is -1.76. The average Bonchev–Trinajstić information content (AvgIpc) is 3.42. The van der Waals surface area contributed by atoms with Crippen LogP contribution in [0.1, 0.15) is 37.1 Å². The highest BCUT2D eigenvalue weighted by Gasteiger charge is 2.31. The second-order valence-corrected chi connectivity index (χ2v) is 9.96. The molecule has 216 valence electrons. The highest BCUT2D eigenvalue weighted by molar-refractivity contribution is 6.16. The van der Waals surface area contributed by atoms with E-state index in [1.54, 1.807) is 11.8 Å². The lowest BCUT2D eigenvalue weighted by Gasteiger charge is -2.22. The molecule has 2 atom stereocenters. The van der Waals surface area contributed by atoms with E-state index in [1.165, 1.54) is 25.5 Å². The molecule has 0 bridgehead atoms. The number of benzene rings is 2. The van der Waals surface area contributed by atoms with Gasteiger partial charge in [0.2, 0.25) is 23.3 Å². The molecule has 2 aromatic carbocycles. The zero-order valence-electron chi connectivity index (χ0n) is 22.6. The number of carbonyl (C=O) groups excluding carboxylic acids is 1. The summed E-state index contributed by atoms with van der Waals surface area (Å²) in [6, 6.07) is 3.24. The largest absolute Gasteiger partial charge is 0.451 e. The Bertz CT molecular complexity index is 1520. The summed E-state index contributed by atoms with van der Waals surface area (Å²) >= 11 is 0. The molecule has 0 radical (unpaired) electrons. The number of hydrogen-bond acceptors (Lipinski definition) is 6. The van der Waals surface area contributed by atoms with Crippen molar-refractivity contribution in [2.45, 2.75) is 26.7 Å². The maximum Gasteiger partial charge on any atom is 0.248 e. The summed E-state index contributed by atoms with van der Waals surface area (Å²) in [6.45, 7) is 8.63. The van der Waals surface area contributed by atoms with Crippen LogP contribution in [-0.4, -0.2) is 46.6 Å². The normalized spacial score (nSPS) is 16.1. The highest BCUT2D eigenvalue weighted by Crippen LogP contribution is 2.33. The maximum absolute atomic E-state index is 15.4. The van der Waals surface area contributed by atoms with Gasteiger partial charge in [0.15, 0.2) is 11.6 Å². The molecule has 1 aliphatic rings.